The van der Waals surface area contributed by atoms with Crippen LogP contribution in [0.5, 0.6) is 0 Å². The second-order valence-electron chi connectivity index (χ2n) is 6.35. The Bertz CT molecular complexity index is 400. The number of piperidine rings is 2. The lowest BCUT2D eigenvalue weighted by Gasteiger charge is -2.32. The molecular formula is C16H28N4. The average Bonchev–Trinajstić information content (AvgIpc) is 2.97. The Hall–Kier alpha value is -0.870. The van der Waals surface area contributed by atoms with Gasteiger partial charge < -0.3 is 14.8 Å². The summed E-state index contributed by atoms with van der Waals surface area (Å²) < 4.78 is 2.41. The molecule has 112 valence electrons. The Kier molecular flexibility index (Phi) is 4.73. The first-order valence-corrected chi connectivity index (χ1v) is 8.32. The van der Waals surface area contributed by atoms with Crippen LogP contribution in [0.25, 0.3) is 0 Å². The van der Waals surface area contributed by atoms with Crippen molar-refractivity contribution in [1.29, 1.82) is 0 Å². The Balaban J connectivity index is 1.59. The van der Waals surface area contributed by atoms with E-state index in [0.29, 0.717) is 6.04 Å². The van der Waals surface area contributed by atoms with E-state index in [4.69, 9.17) is 0 Å². The Morgan fingerprint density at radius 3 is 2.80 bits per heavy atom. The fourth-order valence-corrected chi connectivity index (χ4v) is 3.64. The van der Waals surface area contributed by atoms with E-state index in [1.165, 1.54) is 57.4 Å². The van der Waals surface area contributed by atoms with Crippen LogP contribution in [-0.2, 0) is 6.54 Å². The van der Waals surface area contributed by atoms with Crippen LogP contribution < -0.4 is 5.32 Å². The number of hydrogen-bond donors (Lipinski definition) is 1. The predicted molar refractivity (Wildman–Crippen MR) is 81.7 cm³/mol. The first-order valence-electron chi connectivity index (χ1n) is 8.32. The van der Waals surface area contributed by atoms with Crippen molar-refractivity contribution in [3.05, 3.63) is 18.2 Å². The second-order valence-corrected chi connectivity index (χ2v) is 6.35. The van der Waals surface area contributed by atoms with E-state index in [2.05, 4.69) is 32.9 Å². The third-order valence-corrected chi connectivity index (χ3v) is 5.02. The summed E-state index contributed by atoms with van der Waals surface area (Å²) in [7, 11) is 0. The molecule has 3 heterocycles. The lowest BCUT2D eigenvalue weighted by Crippen LogP contribution is -2.35. The first kappa shape index (κ1) is 14.1. The number of rotatable bonds is 4. The molecule has 1 unspecified atom stereocenters. The van der Waals surface area contributed by atoms with Crippen LogP contribution in [0.2, 0.25) is 0 Å². The van der Waals surface area contributed by atoms with Gasteiger partial charge in [0.05, 0.1) is 12.0 Å². The maximum absolute atomic E-state index is 4.41. The third kappa shape index (κ3) is 3.23. The molecule has 1 aromatic heterocycles. The van der Waals surface area contributed by atoms with Crippen LogP contribution in [0.1, 0.15) is 50.8 Å². The van der Waals surface area contributed by atoms with Gasteiger partial charge in [0, 0.05) is 18.8 Å². The van der Waals surface area contributed by atoms with E-state index in [-0.39, 0.29) is 0 Å². The lowest BCUT2D eigenvalue weighted by molar-refractivity contribution is 0.179. The molecule has 20 heavy (non-hydrogen) atoms. The van der Waals surface area contributed by atoms with Crippen molar-refractivity contribution in [3.8, 4) is 0 Å². The molecule has 0 bridgehead atoms. The molecule has 0 aliphatic carbocycles. The molecular weight excluding hydrogens is 248 g/mol. The smallest absolute Gasteiger partial charge is 0.0948 e. The summed E-state index contributed by atoms with van der Waals surface area (Å²) in [6, 6.07) is 0.530. The number of nitrogens with zero attached hydrogens (tertiary/aromatic N) is 3. The molecule has 0 saturated carbocycles. The van der Waals surface area contributed by atoms with E-state index in [0.717, 1.165) is 19.0 Å². The monoisotopic (exact) mass is 276 g/mol. The highest BCUT2D eigenvalue weighted by Gasteiger charge is 2.22. The van der Waals surface area contributed by atoms with E-state index in [9.17, 15) is 0 Å². The molecule has 1 aromatic rings. The van der Waals surface area contributed by atoms with Crippen LogP contribution >= 0.6 is 0 Å². The van der Waals surface area contributed by atoms with Gasteiger partial charge in [-0.2, -0.15) is 0 Å². The summed E-state index contributed by atoms with van der Waals surface area (Å²) in [5, 5.41) is 3.65. The molecule has 1 N–H and O–H groups in total. The zero-order valence-electron chi connectivity index (χ0n) is 12.7. The number of nitrogens with one attached hydrogen (secondary N) is 1. The topological polar surface area (TPSA) is 33.1 Å². The van der Waals surface area contributed by atoms with E-state index in [1.807, 2.05) is 6.33 Å². The number of likely N-dealkylation sites (tertiary alicyclic amines) is 1. The average molecular weight is 276 g/mol. The van der Waals surface area contributed by atoms with Crippen molar-refractivity contribution in [2.45, 2.75) is 51.6 Å². The van der Waals surface area contributed by atoms with Crippen molar-refractivity contribution in [1.82, 2.24) is 19.8 Å². The summed E-state index contributed by atoms with van der Waals surface area (Å²) in [4.78, 5) is 6.97. The highest BCUT2D eigenvalue weighted by Crippen LogP contribution is 2.25. The molecule has 2 aliphatic heterocycles. The second kappa shape index (κ2) is 6.72. The Morgan fingerprint density at radius 2 is 2.10 bits per heavy atom. The van der Waals surface area contributed by atoms with Crippen molar-refractivity contribution >= 4 is 0 Å². The van der Waals surface area contributed by atoms with E-state index >= 15 is 0 Å². The minimum absolute atomic E-state index is 0.530. The van der Waals surface area contributed by atoms with Crippen molar-refractivity contribution in [2.24, 2.45) is 5.92 Å². The predicted octanol–water partition coefficient (Wildman–Crippen LogP) is 2.43. The molecule has 2 fully saturated rings. The summed E-state index contributed by atoms with van der Waals surface area (Å²) in [6.45, 7) is 8.33. The molecule has 1 atom stereocenters. The molecule has 2 aliphatic rings. The van der Waals surface area contributed by atoms with Crippen LogP contribution in [0.15, 0.2) is 12.5 Å². The minimum atomic E-state index is 0.530. The molecule has 0 spiro atoms. The van der Waals surface area contributed by atoms with Gasteiger partial charge in [0.15, 0.2) is 0 Å². The first-order chi connectivity index (χ1) is 9.86. The molecule has 4 heteroatoms. The van der Waals surface area contributed by atoms with Gasteiger partial charge in [-0.05, 0) is 57.8 Å². The van der Waals surface area contributed by atoms with E-state index in [1.54, 1.807) is 0 Å². The number of aromatic nitrogens is 2. The maximum atomic E-state index is 4.41. The summed E-state index contributed by atoms with van der Waals surface area (Å²) in [5.41, 5.74) is 1.41. The zero-order chi connectivity index (χ0) is 13.8. The highest BCUT2D eigenvalue weighted by atomic mass is 15.1. The minimum Gasteiger partial charge on any atom is -0.333 e. The molecule has 2 saturated heterocycles. The van der Waals surface area contributed by atoms with Crippen LogP contribution in [0, 0.1) is 5.92 Å². The van der Waals surface area contributed by atoms with Gasteiger partial charge in [0.1, 0.15) is 0 Å². The van der Waals surface area contributed by atoms with Gasteiger partial charge in [0.2, 0.25) is 0 Å². The maximum Gasteiger partial charge on any atom is 0.0948 e. The van der Waals surface area contributed by atoms with Crippen LogP contribution in [0.3, 0.4) is 0 Å². The molecule has 0 radical (unpaired) electrons. The van der Waals surface area contributed by atoms with Crippen LogP contribution in [0.4, 0.5) is 0 Å². The largest absolute Gasteiger partial charge is 0.333 e. The summed E-state index contributed by atoms with van der Waals surface area (Å²) >= 11 is 0. The zero-order valence-corrected chi connectivity index (χ0v) is 12.7. The molecule has 0 amide bonds. The normalized spacial score (nSPS) is 25.9. The standard InChI is InChI=1S/C16H28N4/c1-2-19-9-6-14(7-10-19)12-20-13-17-11-16(20)15-5-3-4-8-18-15/h11,13-15,18H,2-10,12H2,1H3. The quantitative estimate of drug-likeness (QED) is 0.917. The van der Waals surface area contributed by atoms with Crippen LogP contribution in [-0.4, -0.2) is 40.6 Å². The van der Waals surface area contributed by atoms with Gasteiger partial charge >= 0.3 is 0 Å². The summed E-state index contributed by atoms with van der Waals surface area (Å²) in [6.07, 6.45) is 10.7. The molecule has 3 rings (SSSR count). The van der Waals surface area contributed by atoms with Gasteiger partial charge in [-0.25, -0.2) is 4.98 Å². The Labute approximate surface area is 122 Å². The Morgan fingerprint density at radius 1 is 1.25 bits per heavy atom. The third-order valence-electron chi connectivity index (χ3n) is 5.02. The number of imidazole rings is 1. The lowest BCUT2D eigenvalue weighted by atomic mass is 9.96. The van der Waals surface area contributed by atoms with Gasteiger partial charge in [-0.1, -0.05) is 13.3 Å². The fourth-order valence-electron chi connectivity index (χ4n) is 3.64. The van der Waals surface area contributed by atoms with Crippen molar-refractivity contribution in [2.75, 3.05) is 26.2 Å². The van der Waals surface area contributed by atoms with Gasteiger partial charge in [0.25, 0.3) is 0 Å². The summed E-state index contributed by atoms with van der Waals surface area (Å²) in [5.74, 6) is 0.828. The van der Waals surface area contributed by atoms with Crippen molar-refractivity contribution < 1.29 is 0 Å². The number of hydrogen-bond acceptors (Lipinski definition) is 3. The SMILES string of the molecule is CCN1CCC(Cn2cncc2C2CCCCN2)CC1. The van der Waals surface area contributed by atoms with E-state index < -0.39 is 0 Å². The van der Waals surface area contributed by atoms with Gasteiger partial charge in [-0.15, -0.1) is 0 Å². The van der Waals surface area contributed by atoms with Gasteiger partial charge in [-0.3, -0.25) is 0 Å². The molecule has 0 aromatic carbocycles. The highest BCUT2D eigenvalue weighted by molar-refractivity contribution is 5.06. The molecule has 4 nitrogen and oxygen atoms in total. The fraction of sp³-hybridized carbons (Fsp3) is 0.812. The van der Waals surface area contributed by atoms with Crippen molar-refractivity contribution in [3.63, 3.8) is 0 Å².